The fourth-order valence-electron chi connectivity index (χ4n) is 4.00. The average molecular weight is 441 g/mol. The zero-order chi connectivity index (χ0) is 23.5. The summed E-state index contributed by atoms with van der Waals surface area (Å²) in [5.74, 6) is 1.57. The first-order chi connectivity index (χ1) is 15.9. The molecule has 0 bridgehead atoms. The van der Waals surface area contributed by atoms with Crippen molar-refractivity contribution < 1.29 is 0 Å². The Bertz CT molecular complexity index is 1230. The highest BCUT2D eigenvalue weighted by molar-refractivity contribution is 6.00. The van der Waals surface area contributed by atoms with Crippen LogP contribution in [0.15, 0.2) is 83.4 Å². The first-order valence-electron chi connectivity index (χ1n) is 11.4. The second-order valence-corrected chi connectivity index (χ2v) is 8.53. The van der Waals surface area contributed by atoms with Crippen LogP contribution < -0.4 is 5.32 Å². The quantitative estimate of drug-likeness (QED) is 0.331. The van der Waals surface area contributed by atoms with Gasteiger partial charge in [0.15, 0.2) is 11.7 Å². The maximum atomic E-state index is 5.04. The summed E-state index contributed by atoms with van der Waals surface area (Å²) < 4.78 is 2.35. The van der Waals surface area contributed by atoms with Crippen molar-refractivity contribution in [2.45, 2.75) is 39.2 Å². The van der Waals surface area contributed by atoms with Gasteiger partial charge in [-0.25, -0.2) is 9.98 Å². The molecule has 0 spiro atoms. The lowest BCUT2D eigenvalue weighted by Crippen LogP contribution is -2.29. The van der Waals surface area contributed by atoms with E-state index in [1.165, 1.54) is 6.42 Å². The van der Waals surface area contributed by atoms with Gasteiger partial charge in [-0.2, -0.15) is 0 Å². The average Bonchev–Trinajstić information content (AvgIpc) is 3.40. The van der Waals surface area contributed by atoms with E-state index in [1.54, 1.807) is 6.20 Å². The normalized spacial score (nSPS) is 16.5. The molecule has 0 radical (unpaired) electrons. The monoisotopic (exact) mass is 440 g/mol. The van der Waals surface area contributed by atoms with Crippen LogP contribution in [0.4, 0.5) is 0 Å². The lowest BCUT2D eigenvalue weighted by molar-refractivity contribution is 0.318. The van der Waals surface area contributed by atoms with Crippen LogP contribution in [0, 0.1) is 0 Å². The number of aliphatic imine (C=N–C) groups is 2. The van der Waals surface area contributed by atoms with E-state index in [1.807, 2.05) is 44.2 Å². The van der Waals surface area contributed by atoms with Crippen molar-refractivity contribution in [3.05, 3.63) is 84.8 Å². The first-order valence-corrected chi connectivity index (χ1v) is 11.4. The SMILES string of the molecule is C=CN(C)/C(=N\C(=C/C)C(=C)NC1=CCN=C1)c1nc2ccc(C(=C)C)cc2n1C1CCC1. The first kappa shape index (κ1) is 22.5. The van der Waals surface area contributed by atoms with E-state index < -0.39 is 0 Å². The fourth-order valence-corrected chi connectivity index (χ4v) is 4.00. The van der Waals surface area contributed by atoms with E-state index in [9.17, 15) is 0 Å². The maximum Gasteiger partial charge on any atom is 0.177 e. The van der Waals surface area contributed by atoms with Gasteiger partial charge in [-0.15, -0.1) is 0 Å². The summed E-state index contributed by atoms with van der Waals surface area (Å²) in [7, 11) is 1.95. The third-order valence-electron chi connectivity index (χ3n) is 6.18. The molecule has 1 saturated carbocycles. The highest BCUT2D eigenvalue weighted by Crippen LogP contribution is 2.36. The van der Waals surface area contributed by atoms with E-state index in [2.05, 4.69) is 52.8 Å². The second-order valence-electron chi connectivity index (χ2n) is 8.53. The minimum absolute atomic E-state index is 0.407. The molecular weight excluding hydrogens is 408 g/mol. The minimum atomic E-state index is 0.407. The Hall–Kier alpha value is -3.67. The minimum Gasteiger partial charge on any atom is -0.353 e. The van der Waals surface area contributed by atoms with Gasteiger partial charge in [-0.1, -0.05) is 37.5 Å². The molecule has 1 aromatic carbocycles. The molecule has 6 heteroatoms. The number of benzene rings is 1. The zero-order valence-electron chi connectivity index (χ0n) is 19.8. The molecule has 2 aromatic rings. The van der Waals surface area contributed by atoms with E-state index in [0.29, 0.717) is 18.3 Å². The van der Waals surface area contributed by atoms with Gasteiger partial charge in [-0.3, -0.25) is 4.99 Å². The van der Waals surface area contributed by atoms with Crippen molar-refractivity contribution in [1.29, 1.82) is 0 Å². The second kappa shape index (κ2) is 9.45. The predicted molar refractivity (Wildman–Crippen MR) is 139 cm³/mol. The number of rotatable bonds is 8. The van der Waals surface area contributed by atoms with Crippen molar-refractivity contribution in [3.63, 3.8) is 0 Å². The van der Waals surface area contributed by atoms with Crippen LogP contribution in [0.2, 0.25) is 0 Å². The molecule has 1 aliphatic heterocycles. The van der Waals surface area contributed by atoms with Crippen molar-refractivity contribution in [3.8, 4) is 0 Å². The number of nitrogens with zero attached hydrogens (tertiary/aromatic N) is 5. The van der Waals surface area contributed by atoms with E-state index in [-0.39, 0.29) is 0 Å². The van der Waals surface area contributed by atoms with Crippen LogP contribution in [0.5, 0.6) is 0 Å². The van der Waals surface area contributed by atoms with Crippen LogP contribution in [0.3, 0.4) is 0 Å². The Kier molecular flexibility index (Phi) is 6.45. The largest absolute Gasteiger partial charge is 0.353 e. The van der Waals surface area contributed by atoms with Crippen LogP contribution in [-0.4, -0.2) is 40.1 Å². The molecule has 1 N–H and O–H groups in total. The smallest absolute Gasteiger partial charge is 0.177 e. The number of allylic oxidation sites excluding steroid dienone is 3. The van der Waals surface area contributed by atoms with Gasteiger partial charge in [0.2, 0.25) is 0 Å². The predicted octanol–water partition coefficient (Wildman–Crippen LogP) is 5.59. The third-order valence-corrected chi connectivity index (χ3v) is 6.18. The summed E-state index contributed by atoms with van der Waals surface area (Å²) in [4.78, 5) is 16.2. The van der Waals surface area contributed by atoms with Gasteiger partial charge in [0, 0.05) is 19.3 Å². The molecule has 0 saturated heterocycles. The van der Waals surface area contributed by atoms with Crippen LogP contribution in [0.25, 0.3) is 16.6 Å². The van der Waals surface area contributed by atoms with Gasteiger partial charge in [0.1, 0.15) is 0 Å². The lowest BCUT2D eigenvalue weighted by Gasteiger charge is -2.30. The molecule has 1 aromatic heterocycles. The van der Waals surface area contributed by atoms with Gasteiger partial charge >= 0.3 is 0 Å². The summed E-state index contributed by atoms with van der Waals surface area (Å²) in [6.07, 6.45) is 11.1. The van der Waals surface area contributed by atoms with Crippen molar-refractivity contribution in [1.82, 2.24) is 19.8 Å². The standard InChI is InChI=1S/C27H32N6/c1-7-23(19(5)29-21-14-15-28-17-21)30-26(32(6)8-2)27-31-24-13-12-20(18(3)4)16-25(24)33(27)22-10-9-11-22/h7-8,12-14,16-17,22,29H,2-3,5,9-11,15H2,1,4,6H3/b23-7-,30-26-. The Morgan fingerprint density at radius 1 is 1.30 bits per heavy atom. The highest BCUT2D eigenvalue weighted by atomic mass is 15.2. The molecule has 170 valence electrons. The van der Waals surface area contributed by atoms with E-state index >= 15 is 0 Å². The fraction of sp³-hybridized carbons (Fsp3) is 0.296. The van der Waals surface area contributed by atoms with Crippen molar-refractivity contribution in [2.24, 2.45) is 9.98 Å². The maximum absolute atomic E-state index is 5.04. The number of fused-ring (bicyclic) bond motifs is 1. The highest BCUT2D eigenvalue weighted by Gasteiger charge is 2.28. The van der Waals surface area contributed by atoms with Gasteiger partial charge in [-0.05, 0) is 63.1 Å². The molecule has 6 nitrogen and oxygen atoms in total. The Labute approximate surface area is 196 Å². The molecule has 0 amide bonds. The van der Waals surface area contributed by atoms with Crippen molar-refractivity contribution >= 4 is 28.7 Å². The molecule has 2 heterocycles. The number of imidazole rings is 1. The molecule has 33 heavy (non-hydrogen) atoms. The lowest BCUT2D eigenvalue weighted by atomic mass is 9.92. The van der Waals surface area contributed by atoms with Gasteiger partial charge < -0.3 is 14.8 Å². The molecule has 1 aliphatic carbocycles. The summed E-state index contributed by atoms with van der Waals surface area (Å²) >= 11 is 0. The summed E-state index contributed by atoms with van der Waals surface area (Å²) in [5, 5.41) is 3.31. The van der Waals surface area contributed by atoms with Crippen LogP contribution in [-0.2, 0) is 0 Å². The summed E-state index contributed by atoms with van der Waals surface area (Å²) in [6, 6.07) is 6.76. The summed E-state index contributed by atoms with van der Waals surface area (Å²) in [6.45, 7) is 17.0. The number of nitrogens with one attached hydrogen (secondary N) is 1. The number of hydrogen-bond acceptors (Lipinski definition) is 4. The number of hydrogen-bond donors (Lipinski definition) is 1. The van der Waals surface area contributed by atoms with E-state index in [4.69, 9.17) is 9.98 Å². The summed E-state index contributed by atoms with van der Waals surface area (Å²) in [5.41, 5.74) is 6.63. The number of aromatic nitrogens is 2. The van der Waals surface area contributed by atoms with Crippen LogP contribution >= 0.6 is 0 Å². The molecule has 0 atom stereocenters. The number of amidine groups is 1. The topological polar surface area (TPSA) is 57.8 Å². The van der Waals surface area contributed by atoms with Gasteiger partial charge in [0.25, 0.3) is 0 Å². The van der Waals surface area contributed by atoms with Crippen molar-refractivity contribution in [2.75, 3.05) is 13.6 Å². The third kappa shape index (κ3) is 4.46. The Morgan fingerprint density at radius 2 is 2.09 bits per heavy atom. The molecular formula is C27H32N6. The Balaban J connectivity index is 1.83. The molecule has 1 fully saturated rings. The van der Waals surface area contributed by atoms with E-state index in [0.717, 1.165) is 58.1 Å². The zero-order valence-corrected chi connectivity index (χ0v) is 19.8. The molecule has 2 aliphatic rings. The van der Waals surface area contributed by atoms with Crippen LogP contribution in [0.1, 0.15) is 50.5 Å². The Morgan fingerprint density at radius 3 is 2.67 bits per heavy atom. The molecule has 0 unspecified atom stereocenters. The molecule has 4 rings (SSSR count). The van der Waals surface area contributed by atoms with Gasteiger partial charge in [0.05, 0.1) is 34.7 Å².